The minimum absolute atomic E-state index is 0.158. The van der Waals surface area contributed by atoms with Crippen LogP contribution in [0.15, 0.2) is 83.9 Å². The van der Waals surface area contributed by atoms with Crippen molar-refractivity contribution in [2.24, 2.45) is 0 Å². The molecule has 1 fully saturated rings. The molecule has 264 valence electrons. The van der Waals surface area contributed by atoms with Crippen molar-refractivity contribution in [3.05, 3.63) is 90.1 Å². The number of alkyl halides is 3. The van der Waals surface area contributed by atoms with Crippen molar-refractivity contribution in [1.29, 1.82) is 0 Å². The molecule has 1 aliphatic rings. The molecule has 15 heteroatoms. The average molecular weight is 710 g/mol. The molecule has 6 N–H and O–H groups in total. The fourth-order valence-electron chi connectivity index (χ4n) is 5.20. The maximum atomic E-state index is 13.3. The largest absolute Gasteiger partial charge is 0.416 e. The van der Waals surface area contributed by atoms with Crippen LogP contribution in [0, 0.1) is 0 Å². The number of hydrogen-bond acceptors (Lipinski definition) is 8. The number of amides is 3. The van der Waals surface area contributed by atoms with E-state index in [0.29, 0.717) is 46.7 Å². The summed E-state index contributed by atoms with van der Waals surface area (Å²) in [5.74, 6) is 3.91. The van der Waals surface area contributed by atoms with E-state index < -0.39 is 32.9 Å². The van der Waals surface area contributed by atoms with E-state index in [-0.39, 0.29) is 35.4 Å². The second-order valence-electron chi connectivity index (χ2n) is 12.4. The fourth-order valence-corrected chi connectivity index (χ4v) is 6.29. The first-order valence-corrected chi connectivity index (χ1v) is 17.5. The van der Waals surface area contributed by atoms with Crippen molar-refractivity contribution >= 4 is 50.7 Å². The van der Waals surface area contributed by atoms with E-state index in [0.717, 1.165) is 12.1 Å². The number of aliphatic hydroxyl groups is 1. The Labute approximate surface area is 288 Å². The van der Waals surface area contributed by atoms with Gasteiger partial charge >= 0.3 is 12.2 Å². The van der Waals surface area contributed by atoms with Gasteiger partial charge in [-0.15, -0.1) is 0 Å². The number of carbonyl (C=O) groups is 2. The normalized spacial score (nSPS) is 15.4. The summed E-state index contributed by atoms with van der Waals surface area (Å²) < 4.78 is 55.5. The van der Waals surface area contributed by atoms with Crippen LogP contribution in [-0.4, -0.2) is 55.8 Å². The van der Waals surface area contributed by atoms with Gasteiger partial charge in [0.05, 0.1) is 32.2 Å². The number of nitrogens with one attached hydrogen (secondary N) is 5. The number of nitrogens with zero attached hydrogens (tertiary/aromatic N) is 2. The molecule has 0 aliphatic heterocycles. The summed E-state index contributed by atoms with van der Waals surface area (Å²) in [5, 5.41) is 21.4. The lowest BCUT2D eigenvalue weighted by Gasteiger charge is -2.18. The van der Waals surface area contributed by atoms with E-state index in [4.69, 9.17) is 0 Å². The molecule has 3 amide bonds. The first kappa shape index (κ1) is 36.1. The van der Waals surface area contributed by atoms with E-state index in [9.17, 15) is 32.1 Å². The molecule has 4 aromatic rings. The summed E-state index contributed by atoms with van der Waals surface area (Å²) in [5.41, 5.74) is 0.746. The van der Waals surface area contributed by atoms with Gasteiger partial charge in [-0.2, -0.15) is 18.2 Å². The number of aromatic nitrogens is 2. The zero-order valence-electron chi connectivity index (χ0n) is 27.6. The minimum atomic E-state index is -4.51. The SMILES string of the molecule is C=S(=O)(NC(=O)NC(C)C)c1cccc(Nc2ncc(-c3ccc(NC(=O)C4(c5cccc(C(F)(F)F)c5)CC4)cc3)c(N[C@H](C)CO)n2)c1. The van der Waals surface area contributed by atoms with Crippen LogP contribution in [0.25, 0.3) is 11.1 Å². The number of anilines is 4. The molecule has 2 atom stereocenters. The standard InChI is InChI=1S/C35H38F3N7O4S/c1-21(2)40-33(48)45-50(4,49)28-10-6-9-27(18-28)43-32-39-19-29(30(44-32)41-22(3)20-46)23-11-13-26(14-12-23)42-31(47)34(15-16-34)24-7-5-8-25(17-24)35(36,37)38/h5-14,17-19,21-22,46H,4,15-16,20H2,1-3H3,(H,42,47)(H2,39,41,43,44)(H2,40,45,48,49)/t22-,50?/m1/s1. The third-order valence-electron chi connectivity index (χ3n) is 7.97. The Balaban J connectivity index is 1.33. The summed E-state index contributed by atoms with van der Waals surface area (Å²) in [6, 6.07) is 17.1. The van der Waals surface area contributed by atoms with Gasteiger partial charge in [-0.1, -0.05) is 36.4 Å². The van der Waals surface area contributed by atoms with Gasteiger partial charge in [-0.05, 0) is 87.0 Å². The van der Waals surface area contributed by atoms with Crippen LogP contribution in [-0.2, 0) is 26.1 Å². The Morgan fingerprint density at radius 1 is 1.00 bits per heavy atom. The molecule has 1 saturated carbocycles. The lowest BCUT2D eigenvalue weighted by atomic mass is 9.93. The summed E-state index contributed by atoms with van der Waals surface area (Å²) >= 11 is 0. The molecule has 0 radical (unpaired) electrons. The molecular formula is C35H38F3N7O4S. The number of aliphatic hydroxyl groups excluding tert-OH is 1. The highest BCUT2D eigenvalue weighted by atomic mass is 32.2. The molecule has 5 rings (SSSR count). The Hall–Kier alpha value is -5.15. The van der Waals surface area contributed by atoms with Gasteiger partial charge in [0.2, 0.25) is 11.9 Å². The van der Waals surface area contributed by atoms with Gasteiger partial charge < -0.3 is 26.4 Å². The molecule has 3 aromatic carbocycles. The van der Waals surface area contributed by atoms with Crippen LogP contribution in [0.5, 0.6) is 0 Å². The van der Waals surface area contributed by atoms with Crippen molar-refractivity contribution in [2.75, 3.05) is 22.6 Å². The maximum Gasteiger partial charge on any atom is 0.416 e. The van der Waals surface area contributed by atoms with Crippen LogP contribution in [0.2, 0.25) is 0 Å². The molecular weight excluding hydrogens is 671 g/mol. The van der Waals surface area contributed by atoms with Crippen molar-refractivity contribution in [1.82, 2.24) is 20.0 Å². The molecule has 1 aliphatic carbocycles. The van der Waals surface area contributed by atoms with Crippen LogP contribution in [0.3, 0.4) is 0 Å². The van der Waals surface area contributed by atoms with Gasteiger partial charge in [0.15, 0.2) is 0 Å². The average Bonchev–Trinajstić information content (AvgIpc) is 3.87. The highest BCUT2D eigenvalue weighted by molar-refractivity contribution is 7.99. The maximum absolute atomic E-state index is 13.3. The van der Waals surface area contributed by atoms with Gasteiger partial charge in [-0.3, -0.25) is 9.52 Å². The fraction of sp³-hybridized carbons (Fsp3) is 0.286. The Morgan fingerprint density at radius 2 is 1.70 bits per heavy atom. The number of benzene rings is 3. The second kappa shape index (κ2) is 14.4. The van der Waals surface area contributed by atoms with Crippen molar-refractivity contribution in [2.45, 2.75) is 62.2 Å². The van der Waals surface area contributed by atoms with Crippen molar-refractivity contribution < 1.29 is 32.1 Å². The number of hydrogen-bond donors (Lipinski definition) is 6. The zero-order chi connectivity index (χ0) is 36.3. The third kappa shape index (κ3) is 8.52. The predicted octanol–water partition coefficient (Wildman–Crippen LogP) is 6.07. The van der Waals surface area contributed by atoms with Gasteiger partial charge in [0.25, 0.3) is 0 Å². The summed E-state index contributed by atoms with van der Waals surface area (Å²) in [6.45, 7) is 5.15. The van der Waals surface area contributed by atoms with E-state index in [1.807, 2.05) is 0 Å². The third-order valence-corrected chi connectivity index (χ3v) is 9.51. The zero-order valence-corrected chi connectivity index (χ0v) is 28.4. The first-order chi connectivity index (χ1) is 23.6. The van der Waals surface area contributed by atoms with E-state index >= 15 is 0 Å². The van der Waals surface area contributed by atoms with Crippen molar-refractivity contribution in [3.8, 4) is 11.1 Å². The lowest BCUT2D eigenvalue weighted by molar-refractivity contribution is -0.137. The van der Waals surface area contributed by atoms with Gasteiger partial charge in [0.1, 0.15) is 5.82 Å². The predicted molar refractivity (Wildman–Crippen MR) is 189 cm³/mol. The second-order valence-corrected chi connectivity index (χ2v) is 14.5. The molecule has 50 heavy (non-hydrogen) atoms. The van der Waals surface area contributed by atoms with Crippen LogP contribution in [0.4, 0.5) is 41.1 Å². The highest BCUT2D eigenvalue weighted by Gasteiger charge is 2.51. The quantitative estimate of drug-likeness (QED) is 0.0969. The Kier molecular flexibility index (Phi) is 10.4. The number of carbonyl (C=O) groups excluding carboxylic acids is 2. The van der Waals surface area contributed by atoms with Crippen LogP contribution < -0.4 is 26.0 Å². The van der Waals surface area contributed by atoms with E-state index in [2.05, 4.69) is 41.8 Å². The molecule has 1 aromatic heterocycles. The summed E-state index contributed by atoms with van der Waals surface area (Å²) in [4.78, 5) is 34.8. The van der Waals surface area contributed by atoms with E-state index in [1.54, 1.807) is 81.6 Å². The highest BCUT2D eigenvalue weighted by Crippen LogP contribution is 2.50. The summed E-state index contributed by atoms with van der Waals surface area (Å²) in [7, 11) is -3.18. The molecule has 0 saturated heterocycles. The minimum Gasteiger partial charge on any atom is -0.394 e. The number of halogens is 3. The molecule has 1 unspecified atom stereocenters. The topological polar surface area (TPSA) is 157 Å². The van der Waals surface area contributed by atoms with Crippen LogP contribution >= 0.6 is 0 Å². The Bertz CT molecular complexity index is 1980. The van der Waals surface area contributed by atoms with Crippen LogP contribution in [0.1, 0.15) is 44.7 Å². The monoisotopic (exact) mass is 709 g/mol. The molecule has 11 nitrogen and oxygen atoms in total. The van der Waals surface area contributed by atoms with E-state index in [1.165, 1.54) is 6.07 Å². The van der Waals surface area contributed by atoms with Crippen molar-refractivity contribution in [3.63, 3.8) is 0 Å². The Morgan fingerprint density at radius 3 is 2.34 bits per heavy atom. The molecule has 0 spiro atoms. The molecule has 0 bridgehead atoms. The van der Waals surface area contributed by atoms with Gasteiger partial charge in [0, 0.05) is 35.2 Å². The first-order valence-electron chi connectivity index (χ1n) is 15.8. The molecule has 1 heterocycles. The number of urea groups is 1. The lowest BCUT2D eigenvalue weighted by Crippen LogP contribution is -2.42. The number of rotatable bonds is 12. The smallest absolute Gasteiger partial charge is 0.394 e. The van der Waals surface area contributed by atoms with Gasteiger partial charge in [-0.25, -0.2) is 14.0 Å². The summed E-state index contributed by atoms with van der Waals surface area (Å²) in [6.07, 6.45) is -2.04.